The lowest BCUT2D eigenvalue weighted by molar-refractivity contribution is 0.0751. The van der Waals surface area contributed by atoms with E-state index in [4.69, 9.17) is 11.6 Å². The molecule has 1 aliphatic heterocycles. The van der Waals surface area contributed by atoms with Crippen LogP contribution >= 0.6 is 22.9 Å². The molecule has 0 atom stereocenters. The molecule has 0 spiro atoms. The summed E-state index contributed by atoms with van der Waals surface area (Å²) in [4.78, 5) is 30.2. The SMILES string of the molecule is Cc1ccnc(Nc2cc(N3CCN(C(=O)c4ccc(Cl)s4)CC3)ncn2)c1. The monoisotopic (exact) mass is 414 g/mol. The standard InChI is InChI=1S/C19H19ClN6OS/c1-13-4-5-21-16(10-13)24-17-11-18(23-12-22-17)25-6-8-26(9-7-25)19(27)14-2-3-15(20)28-14/h2-5,10-12H,6-9H2,1H3,(H,21,22,23,24). The van der Waals surface area contributed by atoms with Gasteiger partial charge in [0.2, 0.25) is 0 Å². The highest BCUT2D eigenvalue weighted by atomic mass is 35.5. The molecule has 1 N–H and O–H groups in total. The van der Waals surface area contributed by atoms with Gasteiger partial charge in [0.1, 0.15) is 23.8 Å². The summed E-state index contributed by atoms with van der Waals surface area (Å²) >= 11 is 7.26. The smallest absolute Gasteiger partial charge is 0.264 e. The zero-order valence-corrected chi connectivity index (χ0v) is 16.9. The zero-order valence-electron chi connectivity index (χ0n) is 15.3. The normalized spacial score (nSPS) is 14.2. The number of piperazine rings is 1. The molecule has 3 aromatic rings. The van der Waals surface area contributed by atoms with Crippen LogP contribution in [0, 0.1) is 6.92 Å². The van der Waals surface area contributed by atoms with Gasteiger partial charge in [-0.1, -0.05) is 11.6 Å². The Morgan fingerprint density at radius 2 is 1.86 bits per heavy atom. The van der Waals surface area contributed by atoms with Gasteiger partial charge in [0.15, 0.2) is 0 Å². The Hall–Kier alpha value is -2.71. The number of amides is 1. The van der Waals surface area contributed by atoms with Crippen molar-refractivity contribution in [1.29, 1.82) is 0 Å². The topological polar surface area (TPSA) is 74.2 Å². The number of nitrogens with one attached hydrogen (secondary N) is 1. The predicted molar refractivity (Wildman–Crippen MR) is 112 cm³/mol. The second kappa shape index (κ2) is 8.12. The molecular formula is C19H19ClN6OS. The van der Waals surface area contributed by atoms with Crippen LogP contribution in [-0.2, 0) is 0 Å². The third kappa shape index (κ3) is 4.23. The molecule has 0 bridgehead atoms. The first kappa shape index (κ1) is 18.6. The minimum atomic E-state index is 0.0344. The van der Waals surface area contributed by atoms with Crippen LogP contribution in [0.25, 0.3) is 0 Å². The number of carbonyl (C=O) groups excluding carboxylic acids is 1. The molecule has 28 heavy (non-hydrogen) atoms. The minimum Gasteiger partial charge on any atom is -0.353 e. The van der Waals surface area contributed by atoms with Crippen molar-refractivity contribution < 1.29 is 4.79 Å². The van der Waals surface area contributed by atoms with Crippen LogP contribution in [-0.4, -0.2) is 51.9 Å². The van der Waals surface area contributed by atoms with E-state index in [9.17, 15) is 4.79 Å². The highest BCUT2D eigenvalue weighted by molar-refractivity contribution is 7.17. The van der Waals surface area contributed by atoms with E-state index in [-0.39, 0.29) is 5.91 Å². The van der Waals surface area contributed by atoms with Gasteiger partial charge in [0, 0.05) is 38.4 Å². The maximum absolute atomic E-state index is 12.6. The first-order valence-electron chi connectivity index (χ1n) is 8.90. The maximum Gasteiger partial charge on any atom is 0.264 e. The molecule has 4 rings (SSSR count). The van der Waals surface area contributed by atoms with Crippen molar-refractivity contribution in [1.82, 2.24) is 19.9 Å². The molecule has 9 heteroatoms. The van der Waals surface area contributed by atoms with E-state index in [0.717, 1.165) is 17.2 Å². The number of hydrogen-bond donors (Lipinski definition) is 1. The minimum absolute atomic E-state index is 0.0344. The van der Waals surface area contributed by atoms with Crippen LogP contribution in [0.1, 0.15) is 15.2 Å². The van der Waals surface area contributed by atoms with Crippen LogP contribution in [0.15, 0.2) is 42.9 Å². The number of carbonyl (C=O) groups is 1. The molecule has 1 amide bonds. The number of nitrogens with zero attached hydrogens (tertiary/aromatic N) is 5. The van der Waals surface area contributed by atoms with E-state index in [1.54, 1.807) is 24.7 Å². The number of pyridine rings is 1. The van der Waals surface area contributed by atoms with E-state index in [0.29, 0.717) is 41.2 Å². The summed E-state index contributed by atoms with van der Waals surface area (Å²) in [5.41, 5.74) is 1.12. The summed E-state index contributed by atoms with van der Waals surface area (Å²) in [5, 5.41) is 3.21. The number of aryl methyl sites for hydroxylation is 1. The summed E-state index contributed by atoms with van der Waals surface area (Å²) in [6.07, 6.45) is 3.30. The summed E-state index contributed by atoms with van der Waals surface area (Å²) in [7, 11) is 0. The third-order valence-corrected chi connectivity index (χ3v) is 5.72. The van der Waals surface area contributed by atoms with Crippen molar-refractivity contribution in [3.8, 4) is 0 Å². The Morgan fingerprint density at radius 1 is 1.07 bits per heavy atom. The summed E-state index contributed by atoms with van der Waals surface area (Å²) in [6.45, 7) is 4.72. The van der Waals surface area contributed by atoms with Crippen molar-refractivity contribution in [3.63, 3.8) is 0 Å². The average molecular weight is 415 g/mol. The van der Waals surface area contributed by atoms with Gasteiger partial charge in [-0.05, 0) is 36.8 Å². The van der Waals surface area contributed by atoms with Crippen molar-refractivity contribution in [2.75, 3.05) is 36.4 Å². The maximum atomic E-state index is 12.6. The van der Waals surface area contributed by atoms with E-state index in [1.807, 2.05) is 30.0 Å². The first-order chi connectivity index (χ1) is 13.6. The van der Waals surface area contributed by atoms with Crippen molar-refractivity contribution >= 4 is 46.3 Å². The Bertz CT molecular complexity index is 986. The molecule has 0 aliphatic carbocycles. The predicted octanol–water partition coefficient (Wildman–Crippen LogP) is 3.60. The molecule has 7 nitrogen and oxygen atoms in total. The van der Waals surface area contributed by atoms with Gasteiger partial charge in [-0.2, -0.15) is 0 Å². The second-order valence-electron chi connectivity index (χ2n) is 6.49. The van der Waals surface area contributed by atoms with Gasteiger partial charge in [-0.15, -0.1) is 11.3 Å². The van der Waals surface area contributed by atoms with E-state index in [1.165, 1.54) is 11.3 Å². The molecule has 1 fully saturated rings. The molecule has 0 unspecified atom stereocenters. The van der Waals surface area contributed by atoms with Crippen molar-refractivity contribution in [3.05, 3.63) is 57.6 Å². The molecule has 4 heterocycles. The highest BCUT2D eigenvalue weighted by Crippen LogP contribution is 2.24. The van der Waals surface area contributed by atoms with Crippen molar-refractivity contribution in [2.45, 2.75) is 6.92 Å². The number of aromatic nitrogens is 3. The number of thiophene rings is 1. The molecule has 0 saturated carbocycles. The highest BCUT2D eigenvalue weighted by Gasteiger charge is 2.24. The zero-order chi connectivity index (χ0) is 19.5. The molecule has 1 saturated heterocycles. The van der Waals surface area contributed by atoms with Gasteiger partial charge >= 0.3 is 0 Å². The van der Waals surface area contributed by atoms with Gasteiger partial charge in [-0.25, -0.2) is 15.0 Å². The second-order valence-corrected chi connectivity index (χ2v) is 8.20. The molecule has 144 valence electrons. The van der Waals surface area contributed by atoms with E-state index >= 15 is 0 Å². The lowest BCUT2D eigenvalue weighted by atomic mass is 10.3. The number of rotatable bonds is 4. The largest absolute Gasteiger partial charge is 0.353 e. The lowest BCUT2D eigenvalue weighted by Crippen LogP contribution is -2.48. The van der Waals surface area contributed by atoms with Gasteiger partial charge in [-0.3, -0.25) is 4.79 Å². The van der Waals surface area contributed by atoms with Gasteiger partial charge in [0.05, 0.1) is 9.21 Å². The number of anilines is 3. The molecular weight excluding hydrogens is 396 g/mol. The first-order valence-corrected chi connectivity index (χ1v) is 10.1. The quantitative estimate of drug-likeness (QED) is 0.703. The summed E-state index contributed by atoms with van der Waals surface area (Å²) < 4.78 is 0.631. The summed E-state index contributed by atoms with van der Waals surface area (Å²) in [5.74, 6) is 2.30. The van der Waals surface area contributed by atoms with Crippen LogP contribution in [0.3, 0.4) is 0 Å². The van der Waals surface area contributed by atoms with Crippen molar-refractivity contribution in [2.24, 2.45) is 0 Å². The lowest BCUT2D eigenvalue weighted by Gasteiger charge is -2.35. The Labute approximate surface area is 172 Å². The third-order valence-electron chi connectivity index (χ3n) is 4.50. The summed E-state index contributed by atoms with van der Waals surface area (Å²) in [6, 6.07) is 9.35. The fraction of sp³-hybridized carbons (Fsp3) is 0.263. The molecule has 1 aliphatic rings. The Morgan fingerprint density at radius 3 is 2.57 bits per heavy atom. The fourth-order valence-corrected chi connectivity index (χ4v) is 4.06. The Kier molecular flexibility index (Phi) is 5.40. The van der Waals surface area contributed by atoms with E-state index in [2.05, 4.69) is 25.2 Å². The van der Waals surface area contributed by atoms with Gasteiger partial charge in [0.25, 0.3) is 5.91 Å². The molecule has 0 radical (unpaired) electrons. The molecule has 0 aromatic carbocycles. The van der Waals surface area contributed by atoms with Gasteiger partial charge < -0.3 is 15.1 Å². The average Bonchev–Trinajstić information content (AvgIpc) is 3.14. The van der Waals surface area contributed by atoms with E-state index < -0.39 is 0 Å². The number of hydrogen-bond acceptors (Lipinski definition) is 7. The van der Waals surface area contributed by atoms with Crippen LogP contribution in [0.5, 0.6) is 0 Å². The molecule has 3 aromatic heterocycles. The van der Waals surface area contributed by atoms with Crippen LogP contribution in [0.2, 0.25) is 4.34 Å². The van der Waals surface area contributed by atoms with Crippen LogP contribution in [0.4, 0.5) is 17.5 Å². The number of halogens is 1. The fourth-order valence-electron chi connectivity index (χ4n) is 3.05. The Balaban J connectivity index is 1.40. The van der Waals surface area contributed by atoms with Crippen LogP contribution < -0.4 is 10.2 Å².